The van der Waals surface area contributed by atoms with Gasteiger partial charge in [-0.1, -0.05) is 43.3 Å². The molecule has 0 bridgehead atoms. The average Bonchev–Trinajstić information content (AvgIpc) is 3.25. The summed E-state index contributed by atoms with van der Waals surface area (Å²) in [6.07, 6.45) is 1.42. The first kappa shape index (κ1) is 27.7. The highest BCUT2D eigenvalue weighted by molar-refractivity contribution is 6.23. The Morgan fingerprint density at radius 3 is 2.31 bits per heavy atom. The summed E-state index contributed by atoms with van der Waals surface area (Å²) in [5.41, 5.74) is 2.23. The predicted octanol–water partition coefficient (Wildman–Crippen LogP) is 4.44. The van der Waals surface area contributed by atoms with Crippen LogP contribution in [0.5, 0.6) is 17.2 Å². The first-order valence-corrected chi connectivity index (χ1v) is 13.1. The standard InChI is InChI=1S/C31H34N2O6/c1-4-18-39-25-13-11-24(12-14-25)33-30(35)21-26(31(33)36)32(29(34)20-22-8-6-5-7-9-22)17-16-23-10-15-27(37-2)28(19-23)38-3/h5-15,19,26H,4,16-18,20-21H2,1-3H3/t26-/m1/s1. The molecule has 3 aromatic carbocycles. The van der Waals surface area contributed by atoms with Gasteiger partial charge in [0.25, 0.3) is 5.91 Å². The number of carbonyl (C=O) groups excluding carboxylic acids is 3. The van der Waals surface area contributed by atoms with E-state index in [1.165, 1.54) is 4.90 Å². The maximum Gasteiger partial charge on any atom is 0.257 e. The number of hydrogen-bond acceptors (Lipinski definition) is 6. The Hall–Kier alpha value is -4.33. The molecular formula is C31H34N2O6. The number of ether oxygens (including phenoxy) is 3. The maximum atomic E-state index is 13.6. The van der Waals surface area contributed by atoms with E-state index in [9.17, 15) is 14.4 Å². The fraction of sp³-hybridized carbons (Fsp3) is 0.323. The van der Waals surface area contributed by atoms with Gasteiger partial charge in [-0.3, -0.25) is 14.4 Å². The second kappa shape index (κ2) is 13.0. The molecule has 8 heteroatoms. The zero-order chi connectivity index (χ0) is 27.8. The average molecular weight is 531 g/mol. The molecule has 1 fully saturated rings. The molecular weight excluding hydrogens is 496 g/mol. The lowest BCUT2D eigenvalue weighted by atomic mass is 10.1. The predicted molar refractivity (Wildman–Crippen MR) is 148 cm³/mol. The Labute approximate surface area is 229 Å². The fourth-order valence-electron chi connectivity index (χ4n) is 4.65. The van der Waals surface area contributed by atoms with Gasteiger partial charge in [0.15, 0.2) is 11.5 Å². The van der Waals surface area contributed by atoms with Crippen LogP contribution in [0.15, 0.2) is 72.8 Å². The van der Waals surface area contributed by atoms with E-state index in [-0.39, 0.29) is 31.2 Å². The van der Waals surface area contributed by atoms with Gasteiger partial charge >= 0.3 is 0 Å². The lowest BCUT2D eigenvalue weighted by Gasteiger charge is -2.28. The van der Waals surface area contributed by atoms with Crippen LogP contribution < -0.4 is 19.1 Å². The van der Waals surface area contributed by atoms with E-state index < -0.39 is 11.9 Å². The fourth-order valence-corrected chi connectivity index (χ4v) is 4.65. The molecule has 1 heterocycles. The normalized spacial score (nSPS) is 14.8. The highest BCUT2D eigenvalue weighted by Gasteiger charge is 2.44. The van der Waals surface area contributed by atoms with E-state index >= 15 is 0 Å². The van der Waals surface area contributed by atoms with Gasteiger partial charge in [0.1, 0.15) is 11.8 Å². The van der Waals surface area contributed by atoms with Crippen LogP contribution in [0.25, 0.3) is 0 Å². The first-order chi connectivity index (χ1) is 18.9. The van der Waals surface area contributed by atoms with Crippen molar-refractivity contribution in [1.29, 1.82) is 0 Å². The minimum Gasteiger partial charge on any atom is -0.494 e. The molecule has 0 unspecified atom stereocenters. The molecule has 0 radical (unpaired) electrons. The third-order valence-electron chi connectivity index (χ3n) is 6.67. The van der Waals surface area contributed by atoms with E-state index in [0.717, 1.165) is 17.5 Å². The molecule has 1 saturated heterocycles. The number of rotatable bonds is 12. The Kier molecular flexibility index (Phi) is 9.20. The molecule has 3 amide bonds. The van der Waals surface area contributed by atoms with Crippen molar-refractivity contribution in [3.05, 3.63) is 83.9 Å². The van der Waals surface area contributed by atoms with E-state index in [1.807, 2.05) is 55.5 Å². The van der Waals surface area contributed by atoms with Gasteiger partial charge in [-0.05, 0) is 60.4 Å². The van der Waals surface area contributed by atoms with Crippen molar-refractivity contribution in [1.82, 2.24) is 4.90 Å². The second-order valence-electron chi connectivity index (χ2n) is 9.32. The molecule has 0 saturated carbocycles. The number of carbonyl (C=O) groups is 3. The van der Waals surface area contributed by atoms with Crippen molar-refractivity contribution < 1.29 is 28.6 Å². The molecule has 0 spiro atoms. The van der Waals surface area contributed by atoms with Crippen LogP contribution in [0.4, 0.5) is 5.69 Å². The molecule has 1 aliphatic rings. The van der Waals surface area contributed by atoms with Crippen molar-refractivity contribution in [3.8, 4) is 17.2 Å². The Morgan fingerprint density at radius 1 is 0.923 bits per heavy atom. The zero-order valence-electron chi connectivity index (χ0n) is 22.6. The lowest BCUT2D eigenvalue weighted by molar-refractivity contribution is -0.137. The summed E-state index contributed by atoms with van der Waals surface area (Å²) in [4.78, 5) is 43.0. The summed E-state index contributed by atoms with van der Waals surface area (Å²) in [5, 5.41) is 0. The van der Waals surface area contributed by atoms with Gasteiger partial charge in [0, 0.05) is 6.54 Å². The molecule has 8 nitrogen and oxygen atoms in total. The summed E-state index contributed by atoms with van der Waals surface area (Å²) >= 11 is 0. The Balaban J connectivity index is 1.56. The lowest BCUT2D eigenvalue weighted by Crippen LogP contribution is -2.47. The van der Waals surface area contributed by atoms with E-state index in [2.05, 4.69) is 0 Å². The summed E-state index contributed by atoms with van der Waals surface area (Å²) in [6, 6.07) is 20.9. The van der Waals surface area contributed by atoms with Gasteiger partial charge in [0.2, 0.25) is 11.8 Å². The summed E-state index contributed by atoms with van der Waals surface area (Å²) in [5.74, 6) is 0.911. The minimum absolute atomic E-state index is 0.0701. The Morgan fingerprint density at radius 2 is 1.64 bits per heavy atom. The SMILES string of the molecule is CCCOc1ccc(N2C(=O)C[C@@H](N(CCc3ccc(OC)c(OC)c3)C(=O)Cc3ccccc3)C2=O)cc1. The largest absolute Gasteiger partial charge is 0.494 e. The molecule has 4 rings (SSSR count). The third kappa shape index (κ3) is 6.57. The molecule has 0 aliphatic carbocycles. The minimum atomic E-state index is -0.884. The van der Waals surface area contributed by atoms with Crippen LogP contribution in [0.1, 0.15) is 30.9 Å². The van der Waals surface area contributed by atoms with Crippen molar-refractivity contribution in [3.63, 3.8) is 0 Å². The van der Waals surface area contributed by atoms with Crippen LogP contribution in [0.3, 0.4) is 0 Å². The molecule has 1 atom stereocenters. The molecule has 204 valence electrons. The van der Waals surface area contributed by atoms with Crippen molar-refractivity contribution in [2.45, 2.75) is 38.6 Å². The number of nitrogens with zero attached hydrogens (tertiary/aromatic N) is 2. The van der Waals surface area contributed by atoms with Crippen molar-refractivity contribution in [2.24, 2.45) is 0 Å². The maximum absolute atomic E-state index is 13.6. The third-order valence-corrected chi connectivity index (χ3v) is 6.67. The highest BCUT2D eigenvalue weighted by atomic mass is 16.5. The number of anilines is 1. The van der Waals surface area contributed by atoms with Crippen LogP contribution in [-0.2, 0) is 27.2 Å². The molecule has 3 aromatic rings. The van der Waals surface area contributed by atoms with Crippen LogP contribution >= 0.6 is 0 Å². The number of amides is 3. The number of hydrogen-bond donors (Lipinski definition) is 0. The van der Waals surface area contributed by atoms with Gasteiger partial charge in [-0.15, -0.1) is 0 Å². The molecule has 0 aromatic heterocycles. The van der Waals surface area contributed by atoms with E-state index in [4.69, 9.17) is 14.2 Å². The molecule has 0 N–H and O–H groups in total. The monoisotopic (exact) mass is 530 g/mol. The quantitative estimate of drug-likeness (QED) is 0.322. The first-order valence-electron chi connectivity index (χ1n) is 13.1. The van der Waals surface area contributed by atoms with Gasteiger partial charge in [-0.2, -0.15) is 0 Å². The van der Waals surface area contributed by atoms with Crippen molar-refractivity contribution in [2.75, 3.05) is 32.3 Å². The summed E-state index contributed by atoms with van der Waals surface area (Å²) in [7, 11) is 3.14. The second-order valence-corrected chi connectivity index (χ2v) is 9.32. The molecule has 1 aliphatic heterocycles. The smallest absolute Gasteiger partial charge is 0.257 e. The molecule has 39 heavy (non-hydrogen) atoms. The zero-order valence-corrected chi connectivity index (χ0v) is 22.6. The van der Waals surface area contributed by atoms with Gasteiger partial charge in [-0.25, -0.2) is 4.90 Å². The van der Waals surface area contributed by atoms with Gasteiger partial charge < -0.3 is 19.1 Å². The summed E-state index contributed by atoms with van der Waals surface area (Å²) < 4.78 is 16.4. The summed E-state index contributed by atoms with van der Waals surface area (Å²) in [6.45, 7) is 2.87. The topological polar surface area (TPSA) is 85.4 Å². The number of benzene rings is 3. The number of imide groups is 1. The Bertz CT molecular complexity index is 1290. The van der Waals surface area contributed by atoms with Crippen LogP contribution in [0.2, 0.25) is 0 Å². The van der Waals surface area contributed by atoms with Crippen LogP contribution in [-0.4, -0.2) is 56.0 Å². The van der Waals surface area contributed by atoms with Crippen molar-refractivity contribution >= 4 is 23.4 Å². The highest BCUT2D eigenvalue weighted by Crippen LogP contribution is 2.30. The van der Waals surface area contributed by atoms with E-state index in [0.29, 0.717) is 36.0 Å². The van der Waals surface area contributed by atoms with Crippen LogP contribution in [0, 0.1) is 0 Å². The van der Waals surface area contributed by atoms with Gasteiger partial charge in [0.05, 0.1) is 39.4 Å². The van der Waals surface area contributed by atoms with E-state index in [1.54, 1.807) is 43.4 Å². The number of methoxy groups -OCH3 is 2.